The molecule has 1 fully saturated rings. The molecule has 0 bridgehead atoms. The number of aliphatic hydroxyl groups is 1. The van der Waals surface area contributed by atoms with Gasteiger partial charge in [0.1, 0.15) is 5.60 Å². The number of hydrogen-bond donors (Lipinski definition) is 2. The van der Waals surface area contributed by atoms with E-state index in [2.05, 4.69) is 5.32 Å². The third-order valence-electron chi connectivity index (χ3n) is 3.30. The largest absolute Gasteiger partial charge is 0.444 e. The second-order valence-electron chi connectivity index (χ2n) is 6.71. The third-order valence-corrected chi connectivity index (χ3v) is 3.30. The topological polar surface area (TPSA) is 61.8 Å². The second kappa shape index (κ2) is 7.84. The summed E-state index contributed by atoms with van der Waals surface area (Å²) in [5, 5.41) is 12.7. The van der Waals surface area contributed by atoms with Crippen molar-refractivity contribution < 1.29 is 14.6 Å². The zero-order chi connectivity index (χ0) is 15.2. The molecular weight excluding hydrogens is 256 g/mol. The van der Waals surface area contributed by atoms with Crippen molar-refractivity contribution in [3.05, 3.63) is 0 Å². The lowest BCUT2D eigenvalue weighted by Crippen LogP contribution is -2.49. The molecule has 1 saturated heterocycles. The number of piperidine rings is 1. The number of nitrogens with zero attached hydrogens (tertiary/aromatic N) is 1. The van der Waals surface area contributed by atoms with Crippen molar-refractivity contribution in [2.24, 2.45) is 0 Å². The van der Waals surface area contributed by atoms with Gasteiger partial charge in [-0.05, 0) is 59.9 Å². The molecule has 0 aromatic heterocycles. The standard InChI is InChI=1S/C15H30N2O3/c1-12(18)7-5-9-16-13-8-6-10-17(11-13)14(19)20-15(2,3)4/h12-13,16,18H,5-11H2,1-4H3. The minimum Gasteiger partial charge on any atom is -0.444 e. The van der Waals surface area contributed by atoms with Crippen molar-refractivity contribution in [2.75, 3.05) is 19.6 Å². The average Bonchev–Trinajstić information content (AvgIpc) is 2.33. The van der Waals surface area contributed by atoms with Crippen molar-refractivity contribution in [3.8, 4) is 0 Å². The highest BCUT2D eigenvalue weighted by molar-refractivity contribution is 5.68. The van der Waals surface area contributed by atoms with E-state index >= 15 is 0 Å². The van der Waals surface area contributed by atoms with Crippen molar-refractivity contribution in [1.82, 2.24) is 10.2 Å². The zero-order valence-corrected chi connectivity index (χ0v) is 13.3. The summed E-state index contributed by atoms with van der Waals surface area (Å²) < 4.78 is 5.41. The van der Waals surface area contributed by atoms with Crippen LogP contribution < -0.4 is 5.32 Å². The van der Waals surface area contributed by atoms with E-state index in [0.717, 1.165) is 38.8 Å². The first-order valence-corrected chi connectivity index (χ1v) is 7.67. The lowest BCUT2D eigenvalue weighted by Gasteiger charge is -2.34. The van der Waals surface area contributed by atoms with Crippen molar-refractivity contribution in [2.45, 2.75) is 71.1 Å². The Morgan fingerprint density at radius 3 is 2.80 bits per heavy atom. The molecule has 0 aromatic carbocycles. The van der Waals surface area contributed by atoms with E-state index < -0.39 is 5.60 Å². The summed E-state index contributed by atoms with van der Waals surface area (Å²) in [5.41, 5.74) is -0.436. The fourth-order valence-electron chi connectivity index (χ4n) is 2.34. The van der Waals surface area contributed by atoms with Crippen molar-refractivity contribution in [1.29, 1.82) is 0 Å². The van der Waals surface area contributed by atoms with Gasteiger partial charge in [0, 0.05) is 19.1 Å². The molecule has 20 heavy (non-hydrogen) atoms. The number of rotatable bonds is 5. The number of carbonyl (C=O) groups is 1. The smallest absolute Gasteiger partial charge is 0.410 e. The molecule has 118 valence electrons. The highest BCUT2D eigenvalue weighted by Gasteiger charge is 2.27. The third kappa shape index (κ3) is 7.10. The molecule has 1 rings (SSSR count). The number of carbonyl (C=O) groups excluding carboxylic acids is 1. The number of hydrogen-bond acceptors (Lipinski definition) is 4. The van der Waals surface area contributed by atoms with E-state index in [1.54, 1.807) is 4.90 Å². The van der Waals surface area contributed by atoms with E-state index in [1.165, 1.54) is 0 Å². The van der Waals surface area contributed by atoms with Crippen LogP contribution in [0, 0.1) is 0 Å². The first kappa shape index (κ1) is 17.2. The minimum atomic E-state index is -0.436. The molecule has 0 radical (unpaired) electrons. The Morgan fingerprint density at radius 2 is 2.20 bits per heavy atom. The SMILES string of the molecule is CC(O)CCCNC1CCCN(C(=O)OC(C)(C)C)C1. The van der Waals surface area contributed by atoms with Gasteiger partial charge in [-0.2, -0.15) is 0 Å². The summed E-state index contributed by atoms with van der Waals surface area (Å²) in [5.74, 6) is 0. The first-order valence-electron chi connectivity index (χ1n) is 7.67. The average molecular weight is 286 g/mol. The van der Waals surface area contributed by atoms with Crippen LogP contribution in [0.25, 0.3) is 0 Å². The Labute approximate surface area is 122 Å². The van der Waals surface area contributed by atoms with Crippen LogP contribution in [0.5, 0.6) is 0 Å². The maximum absolute atomic E-state index is 12.0. The van der Waals surface area contributed by atoms with Gasteiger partial charge in [-0.3, -0.25) is 0 Å². The Hall–Kier alpha value is -0.810. The normalized spacial score (nSPS) is 21.6. The quantitative estimate of drug-likeness (QED) is 0.760. The van der Waals surface area contributed by atoms with Gasteiger partial charge < -0.3 is 20.1 Å². The molecule has 5 nitrogen and oxygen atoms in total. The molecule has 1 heterocycles. The van der Waals surface area contributed by atoms with Crippen LogP contribution in [-0.4, -0.2) is 53.5 Å². The summed E-state index contributed by atoms with van der Waals surface area (Å²) >= 11 is 0. The Kier molecular flexibility index (Phi) is 6.76. The van der Waals surface area contributed by atoms with Gasteiger partial charge in [0.15, 0.2) is 0 Å². The van der Waals surface area contributed by atoms with Crippen molar-refractivity contribution in [3.63, 3.8) is 0 Å². The van der Waals surface area contributed by atoms with Gasteiger partial charge in [-0.15, -0.1) is 0 Å². The van der Waals surface area contributed by atoms with Crippen LogP contribution in [0.3, 0.4) is 0 Å². The molecule has 0 aromatic rings. The van der Waals surface area contributed by atoms with Gasteiger partial charge in [-0.1, -0.05) is 0 Å². The summed E-state index contributed by atoms with van der Waals surface area (Å²) in [4.78, 5) is 13.8. The van der Waals surface area contributed by atoms with Gasteiger partial charge in [-0.25, -0.2) is 4.79 Å². The maximum atomic E-state index is 12.0. The van der Waals surface area contributed by atoms with E-state index in [9.17, 15) is 9.90 Å². The fraction of sp³-hybridized carbons (Fsp3) is 0.933. The summed E-state index contributed by atoms with van der Waals surface area (Å²) in [6.45, 7) is 9.86. The lowest BCUT2D eigenvalue weighted by molar-refractivity contribution is 0.0187. The Balaban J connectivity index is 2.29. The summed E-state index contributed by atoms with van der Waals surface area (Å²) in [6.07, 6.45) is 3.42. The van der Waals surface area contributed by atoms with Gasteiger partial charge >= 0.3 is 6.09 Å². The Morgan fingerprint density at radius 1 is 1.50 bits per heavy atom. The van der Waals surface area contributed by atoms with Crippen LogP contribution in [0.1, 0.15) is 53.4 Å². The molecule has 0 saturated carbocycles. The highest BCUT2D eigenvalue weighted by atomic mass is 16.6. The maximum Gasteiger partial charge on any atom is 0.410 e. The molecule has 1 aliphatic rings. The number of aliphatic hydroxyl groups excluding tert-OH is 1. The van der Waals surface area contributed by atoms with Gasteiger partial charge in [0.05, 0.1) is 6.10 Å². The van der Waals surface area contributed by atoms with Crippen LogP contribution in [0.2, 0.25) is 0 Å². The van der Waals surface area contributed by atoms with E-state index in [1.807, 2.05) is 27.7 Å². The van der Waals surface area contributed by atoms with Gasteiger partial charge in [0.2, 0.25) is 0 Å². The molecule has 2 N–H and O–H groups in total. The molecule has 0 aliphatic carbocycles. The van der Waals surface area contributed by atoms with Crippen LogP contribution in [-0.2, 0) is 4.74 Å². The lowest BCUT2D eigenvalue weighted by atomic mass is 10.1. The molecule has 1 amide bonds. The number of nitrogens with one attached hydrogen (secondary N) is 1. The number of likely N-dealkylation sites (tertiary alicyclic amines) is 1. The molecule has 2 unspecified atom stereocenters. The van der Waals surface area contributed by atoms with Crippen LogP contribution in [0.4, 0.5) is 4.79 Å². The molecule has 0 spiro atoms. The first-order chi connectivity index (χ1) is 9.28. The van der Waals surface area contributed by atoms with E-state index in [0.29, 0.717) is 12.6 Å². The number of amides is 1. The predicted octanol–water partition coefficient (Wildman–Crippen LogP) is 2.14. The van der Waals surface area contributed by atoms with Crippen molar-refractivity contribution >= 4 is 6.09 Å². The molecule has 2 atom stereocenters. The van der Waals surface area contributed by atoms with Crippen LogP contribution >= 0.6 is 0 Å². The summed E-state index contributed by atoms with van der Waals surface area (Å²) in [7, 11) is 0. The van der Waals surface area contributed by atoms with Crippen LogP contribution in [0.15, 0.2) is 0 Å². The fourth-order valence-corrected chi connectivity index (χ4v) is 2.34. The van der Waals surface area contributed by atoms with Gasteiger partial charge in [0.25, 0.3) is 0 Å². The summed E-state index contributed by atoms with van der Waals surface area (Å²) in [6, 6.07) is 0.338. The van der Waals surface area contributed by atoms with E-state index in [4.69, 9.17) is 4.74 Å². The monoisotopic (exact) mass is 286 g/mol. The number of ether oxygens (including phenoxy) is 1. The second-order valence-corrected chi connectivity index (χ2v) is 6.71. The zero-order valence-electron chi connectivity index (χ0n) is 13.3. The molecule has 5 heteroatoms. The molecule has 1 aliphatic heterocycles. The highest BCUT2D eigenvalue weighted by Crippen LogP contribution is 2.15. The molecular formula is C15H30N2O3. The van der Waals surface area contributed by atoms with E-state index in [-0.39, 0.29) is 12.2 Å². The Bertz CT molecular complexity index is 300. The minimum absolute atomic E-state index is 0.215. The predicted molar refractivity (Wildman–Crippen MR) is 79.7 cm³/mol.